The monoisotopic (exact) mass is 553 g/mol. The number of hydrogen-bond acceptors (Lipinski definition) is 7. The maximum absolute atomic E-state index is 13.4. The van der Waals surface area contributed by atoms with Gasteiger partial charge in [0, 0.05) is 32.7 Å². The Bertz CT molecular complexity index is 1470. The van der Waals surface area contributed by atoms with Crippen LogP contribution in [0, 0.1) is 0 Å². The molecule has 0 aromatic heterocycles. The third-order valence-electron chi connectivity index (χ3n) is 7.44. The summed E-state index contributed by atoms with van der Waals surface area (Å²) in [7, 11) is 1.59. The molecule has 0 radical (unpaired) electrons. The lowest BCUT2D eigenvalue weighted by atomic mass is 10.1. The van der Waals surface area contributed by atoms with E-state index in [0.29, 0.717) is 59.3 Å². The number of amides is 2. The van der Waals surface area contributed by atoms with Gasteiger partial charge >= 0.3 is 6.18 Å². The molecule has 40 heavy (non-hydrogen) atoms. The Balaban J connectivity index is 1.14. The van der Waals surface area contributed by atoms with E-state index in [4.69, 9.17) is 14.2 Å². The highest BCUT2D eigenvalue weighted by atomic mass is 19.4. The van der Waals surface area contributed by atoms with Gasteiger partial charge in [0.2, 0.25) is 12.5 Å². The molecule has 3 aromatic carbocycles. The summed E-state index contributed by atoms with van der Waals surface area (Å²) in [5.74, 6) is 1.02. The van der Waals surface area contributed by atoms with E-state index in [1.54, 1.807) is 19.2 Å². The molecule has 0 saturated carbocycles. The molecule has 0 aliphatic carbocycles. The number of alkyl halides is 3. The fraction of sp³-hybridized carbons (Fsp3) is 0.310. The Morgan fingerprint density at radius 2 is 1.62 bits per heavy atom. The van der Waals surface area contributed by atoms with Gasteiger partial charge < -0.3 is 19.1 Å². The SMILES string of the molecule is COc1cc(CN2CCN(c3cccc4c3C(=O)N(Cc3ccc(C(F)(F)F)cc3)C4=O)CC2)cc2c1OCO2. The number of piperazine rings is 1. The molecule has 208 valence electrons. The van der Waals surface area contributed by atoms with E-state index in [2.05, 4.69) is 9.80 Å². The maximum Gasteiger partial charge on any atom is 0.416 e. The molecular formula is C29H26F3N3O5. The zero-order chi connectivity index (χ0) is 28.0. The van der Waals surface area contributed by atoms with Gasteiger partial charge in [-0.05, 0) is 47.5 Å². The van der Waals surface area contributed by atoms with E-state index in [0.717, 1.165) is 35.7 Å². The Labute approximate surface area is 228 Å². The zero-order valence-corrected chi connectivity index (χ0v) is 21.7. The van der Waals surface area contributed by atoms with E-state index in [-0.39, 0.29) is 13.3 Å². The summed E-state index contributed by atoms with van der Waals surface area (Å²) in [4.78, 5) is 32.0. The molecule has 3 aliphatic rings. The fourth-order valence-corrected chi connectivity index (χ4v) is 5.38. The summed E-state index contributed by atoms with van der Waals surface area (Å²) in [5.41, 5.74) is 2.04. The third kappa shape index (κ3) is 4.70. The van der Waals surface area contributed by atoms with Crippen LogP contribution in [-0.2, 0) is 19.3 Å². The number of anilines is 1. The topological polar surface area (TPSA) is 71.6 Å². The number of carbonyl (C=O) groups excluding carboxylic acids is 2. The molecule has 0 bridgehead atoms. The first-order chi connectivity index (χ1) is 19.2. The van der Waals surface area contributed by atoms with Crippen LogP contribution in [0.5, 0.6) is 17.2 Å². The van der Waals surface area contributed by atoms with Crippen LogP contribution in [0.15, 0.2) is 54.6 Å². The van der Waals surface area contributed by atoms with Crippen LogP contribution in [0.2, 0.25) is 0 Å². The molecule has 3 aliphatic heterocycles. The molecule has 0 N–H and O–H groups in total. The quantitative estimate of drug-likeness (QED) is 0.415. The van der Waals surface area contributed by atoms with E-state index < -0.39 is 23.6 Å². The third-order valence-corrected chi connectivity index (χ3v) is 7.44. The average Bonchev–Trinajstić information content (AvgIpc) is 3.52. The van der Waals surface area contributed by atoms with Crippen molar-refractivity contribution in [1.82, 2.24) is 9.80 Å². The van der Waals surface area contributed by atoms with Crippen molar-refractivity contribution in [3.63, 3.8) is 0 Å². The van der Waals surface area contributed by atoms with E-state index >= 15 is 0 Å². The molecule has 8 nitrogen and oxygen atoms in total. The molecule has 11 heteroatoms. The first kappa shape index (κ1) is 26.0. The van der Waals surface area contributed by atoms with Gasteiger partial charge in [-0.25, -0.2) is 0 Å². The second-order valence-corrected chi connectivity index (χ2v) is 9.89. The van der Waals surface area contributed by atoms with Gasteiger partial charge in [-0.15, -0.1) is 0 Å². The lowest BCUT2D eigenvalue weighted by Crippen LogP contribution is -2.46. The summed E-state index contributed by atoms with van der Waals surface area (Å²) < 4.78 is 55.2. The molecule has 3 heterocycles. The molecule has 6 rings (SSSR count). The number of carbonyl (C=O) groups is 2. The van der Waals surface area contributed by atoms with Crippen LogP contribution < -0.4 is 19.1 Å². The van der Waals surface area contributed by atoms with Crippen LogP contribution in [0.1, 0.15) is 37.4 Å². The molecule has 1 saturated heterocycles. The number of hydrogen-bond donors (Lipinski definition) is 0. The first-order valence-electron chi connectivity index (χ1n) is 12.8. The second-order valence-electron chi connectivity index (χ2n) is 9.89. The first-order valence-corrected chi connectivity index (χ1v) is 12.8. The summed E-state index contributed by atoms with van der Waals surface area (Å²) in [6.45, 7) is 3.52. The molecule has 1 fully saturated rings. The number of ether oxygens (including phenoxy) is 3. The molecule has 3 aromatic rings. The number of imide groups is 1. The van der Waals surface area contributed by atoms with Crippen LogP contribution in [0.25, 0.3) is 0 Å². The molecule has 2 amide bonds. The Hall–Kier alpha value is -4.25. The van der Waals surface area contributed by atoms with Crippen molar-refractivity contribution < 1.29 is 37.0 Å². The van der Waals surface area contributed by atoms with Crippen molar-refractivity contribution in [1.29, 1.82) is 0 Å². The smallest absolute Gasteiger partial charge is 0.416 e. The van der Waals surface area contributed by atoms with Crippen molar-refractivity contribution in [2.45, 2.75) is 19.3 Å². The van der Waals surface area contributed by atoms with E-state index in [9.17, 15) is 22.8 Å². The van der Waals surface area contributed by atoms with Crippen molar-refractivity contribution in [2.75, 3.05) is 45.0 Å². The largest absolute Gasteiger partial charge is 0.493 e. The molecule has 0 atom stereocenters. The summed E-state index contributed by atoms with van der Waals surface area (Å²) in [6.07, 6.45) is -4.45. The van der Waals surface area contributed by atoms with Gasteiger partial charge in [0.15, 0.2) is 11.5 Å². The minimum absolute atomic E-state index is 0.100. The van der Waals surface area contributed by atoms with Gasteiger partial charge in [-0.1, -0.05) is 18.2 Å². The maximum atomic E-state index is 13.4. The summed E-state index contributed by atoms with van der Waals surface area (Å²) >= 11 is 0. The van der Waals surface area contributed by atoms with Gasteiger partial charge in [-0.3, -0.25) is 19.4 Å². The van der Waals surface area contributed by atoms with Gasteiger partial charge in [-0.2, -0.15) is 13.2 Å². The zero-order valence-electron chi connectivity index (χ0n) is 21.7. The number of fused-ring (bicyclic) bond motifs is 2. The normalized spacial score (nSPS) is 17.0. The highest BCUT2D eigenvalue weighted by Gasteiger charge is 2.39. The fourth-order valence-electron chi connectivity index (χ4n) is 5.38. The van der Waals surface area contributed by atoms with E-state index in [1.165, 1.54) is 12.1 Å². The van der Waals surface area contributed by atoms with Gasteiger partial charge in [0.1, 0.15) is 0 Å². The lowest BCUT2D eigenvalue weighted by Gasteiger charge is -2.36. The Morgan fingerprint density at radius 1 is 0.875 bits per heavy atom. The average molecular weight is 554 g/mol. The minimum atomic E-state index is -4.45. The van der Waals surface area contributed by atoms with Gasteiger partial charge in [0.25, 0.3) is 11.8 Å². The van der Waals surface area contributed by atoms with E-state index in [1.807, 2.05) is 18.2 Å². The van der Waals surface area contributed by atoms with Crippen molar-refractivity contribution in [2.24, 2.45) is 0 Å². The van der Waals surface area contributed by atoms with Crippen LogP contribution in [0.4, 0.5) is 18.9 Å². The number of rotatable bonds is 6. The van der Waals surface area contributed by atoms with Crippen LogP contribution >= 0.6 is 0 Å². The van der Waals surface area contributed by atoms with Crippen LogP contribution in [-0.4, -0.2) is 61.7 Å². The second kappa shape index (κ2) is 10.1. The van der Waals surface area contributed by atoms with Crippen LogP contribution in [0.3, 0.4) is 0 Å². The molecular weight excluding hydrogens is 527 g/mol. The predicted octanol–water partition coefficient (Wildman–Crippen LogP) is 4.56. The van der Waals surface area contributed by atoms with Crippen molar-refractivity contribution >= 4 is 17.5 Å². The highest BCUT2D eigenvalue weighted by molar-refractivity contribution is 6.23. The predicted molar refractivity (Wildman–Crippen MR) is 139 cm³/mol. The minimum Gasteiger partial charge on any atom is -0.493 e. The van der Waals surface area contributed by atoms with Crippen molar-refractivity contribution in [3.05, 3.63) is 82.4 Å². The lowest BCUT2D eigenvalue weighted by molar-refractivity contribution is -0.137. The Morgan fingerprint density at radius 3 is 2.33 bits per heavy atom. The number of halogens is 3. The summed E-state index contributed by atoms with van der Waals surface area (Å²) in [6, 6.07) is 13.6. The number of nitrogens with zero attached hydrogens (tertiary/aromatic N) is 3. The Kier molecular flexibility index (Phi) is 6.53. The standard InChI is InChI=1S/C29H26F3N3O5/c1-38-23-13-19(14-24-26(23)40-17-39-24)15-33-9-11-34(12-10-33)22-4-2-3-21-25(22)28(37)35(27(21)36)16-18-5-7-20(8-6-18)29(30,31)32/h2-8,13-14H,9-12,15-17H2,1H3. The highest BCUT2D eigenvalue weighted by Crippen LogP contribution is 2.42. The van der Waals surface area contributed by atoms with Gasteiger partial charge in [0.05, 0.1) is 36.0 Å². The van der Waals surface area contributed by atoms with Crippen molar-refractivity contribution in [3.8, 4) is 17.2 Å². The molecule has 0 unspecified atom stereocenters. The molecule has 0 spiro atoms. The number of benzene rings is 3. The number of methoxy groups -OCH3 is 1. The summed E-state index contributed by atoms with van der Waals surface area (Å²) in [5, 5.41) is 0.